The second-order valence-corrected chi connectivity index (χ2v) is 7.23. The second-order valence-electron chi connectivity index (χ2n) is 5.06. The monoisotopic (exact) mass is 515 g/mol. The Morgan fingerprint density at radius 2 is 1.59 bits per heavy atom. The molecule has 0 saturated carbocycles. The van der Waals surface area contributed by atoms with Crippen LogP contribution >= 0.6 is 44.1 Å². The molecule has 0 atom stereocenters. The first-order valence-electron chi connectivity index (χ1n) is 7.44. The number of halogens is 2. The van der Waals surface area contributed by atoms with E-state index < -0.39 is 11.8 Å². The van der Waals surface area contributed by atoms with Crippen LogP contribution in [0.3, 0.4) is 0 Å². The predicted molar refractivity (Wildman–Crippen MR) is 112 cm³/mol. The summed E-state index contributed by atoms with van der Waals surface area (Å²) in [6.45, 7) is 0. The molecule has 2 aromatic carbocycles. The van der Waals surface area contributed by atoms with Gasteiger partial charge in [-0.2, -0.15) is 0 Å². The highest BCUT2D eigenvalue weighted by Crippen LogP contribution is 2.25. The summed E-state index contributed by atoms with van der Waals surface area (Å²) in [4.78, 5) is 24.5. The molecule has 0 aromatic heterocycles. The number of carbonyl (C=O) groups is 2. The minimum Gasteiger partial charge on any atom is -0.496 e. The van der Waals surface area contributed by atoms with Crippen molar-refractivity contribution in [2.75, 3.05) is 14.2 Å². The number of methoxy groups -OCH3 is 2. The van der Waals surface area contributed by atoms with Gasteiger partial charge >= 0.3 is 0 Å². The van der Waals surface area contributed by atoms with Crippen LogP contribution in [0.25, 0.3) is 0 Å². The number of rotatable bonds is 4. The van der Waals surface area contributed by atoms with Gasteiger partial charge in [-0.15, -0.1) is 0 Å². The number of carbonyl (C=O) groups excluding carboxylic acids is 2. The van der Waals surface area contributed by atoms with E-state index in [0.717, 1.165) is 0 Å². The van der Waals surface area contributed by atoms with Crippen molar-refractivity contribution in [3.8, 4) is 11.5 Å². The number of amides is 2. The standard InChI is InChI=1S/C17H15Br2N3O4S/c1-25-13-6-4-10(18)8-11(13)16(24)20-17(27)22-21-15(23)9-3-5-14(26-2)12(19)7-9/h3-8H,1-2H3,(H,21,23)(H2,20,22,24,27). The van der Waals surface area contributed by atoms with Crippen molar-refractivity contribution in [1.82, 2.24) is 16.2 Å². The van der Waals surface area contributed by atoms with Gasteiger partial charge in [-0.3, -0.25) is 25.8 Å². The summed E-state index contributed by atoms with van der Waals surface area (Å²) >= 11 is 11.6. The van der Waals surface area contributed by atoms with Crippen molar-refractivity contribution >= 4 is 61.0 Å². The molecule has 0 aliphatic rings. The summed E-state index contributed by atoms with van der Waals surface area (Å²) in [5.74, 6) is 0.0814. The van der Waals surface area contributed by atoms with E-state index in [2.05, 4.69) is 48.0 Å². The van der Waals surface area contributed by atoms with Crippen molar-refractivity contribution in [1.29, 1.82) is 0 Å². The van der Waals surface area contributed by atoms with Crippen molar-refractivity contribution in [2.45, 2.75) is 0 Å². The van der Waals surface area contributed by atoms with Crippen LogP contribution in [-0.4, -0.2) is 31.1 Å². The van der Waals surface area contributed by atoms with Crippen LogP contribution in [0.15, 0.2) is 45.3 Å². The molecule has 0 aliphatic carbocycles. The molecule has 2 amide bonds. The van der Waals surface area contributed by atoms with Gasteiger partial charge in [-0.1, -0.05) is 15.9 Å². The Balaban J connectivity index is 1.96. The zero-order valence-electron chi connectivity index (χ0n) is 14.3. The molecule has 0 heterocycles. The lowest BCUT2D eigenvalue weighted by Crippen LogP contribution is -2.48. The second kappa shape index (κ2) is 9.67. The molecular formula is C17H15Br2N3O4S. The highest BCUT2D eigenvalue weighted by Gasteiger charge is 2.15. The minimum absolute atomic E-state index is 0.0667. The Bertz CT molecular complexity index is 892. The molecule has 0 fully saturated rings. The lowest BCUT2D eigenvalue weighted by molar-refractivity contribution is 0.0934. The Labute approximate surface area is 178 Å². The van der Waals surface area contributed by atoms with Crippen LogP contribution in [0.1, 0.15) is 20.7 Å². The van der Waals surface area contributed by atoms with E-state index in [1.165, 1.54) is 14.2 Å². The number of benzene rings is 2. The summed E-state index contributed by atoms with van der Waals surface area (Å²) in [6.07, 6.45) is 0. The first kappa shape index (κ1) is 21.1. The van der Waals surface area contributed by atoms with E-state index in [4.69, 9.17) is 21.7 Å². The van der Waals surface area contributed by atoms with Crippen molar-refractivity contribution in [3.63, 3.8) is 0 Å². The third-order valence-corrected chi connectivity index (χ3v) is 4.65. The zero-order chi connectivity index (χ0) is 20.0. The van der Waals surface area contributed by atoms with E-state index in [1.54, 1.807) is 36.4 Å². The van der Waals surface area contributed by atoms with Gasteiger partial charge in [0.05, 0.1) is 24.3 Å². The third-order valence-electron chi connectivity index (χ3n) is 3.34. The molecular weight excluding hydrogens is 502 g/mol. The summed E-state index contributed by atoms with van der Waals surface area (Å²) in [6, 6.07) is 9.85. The number of hydrazine groups is 1. The third kappa shape index (κ3) is 5.65. The first-order valence-corrected chi connectivity index (χ1v) is 9.44. The highest BCUT2D eigenvalue weighted by atomic mass is 79.9. The molecule has 27 heavy (non-hydrogen) atoms. The molecule has 7 nitrogen and oxygen atoms in total. The van der Waals surface area contributed by atoms with E-state index in [1.807, 2.05) is 0 Å². The van der Waals surface area contributed by atoms with Crippen LogP contribution in [0.5, 0.6) is 11.5 Å². The van der Waals surface area contributed by atoms with Crippen molar-refractivity contribution in [2.24, 2.45) is 0 Å². The lowest BCUT2D eigenvalue weighted by Gasteiger charge is -2.13. The normalized spacial score (nSPS) is 9.93. The fourth-order valence-corrected chi connectivity index (χ4v) is 3.10. The SMILES string of the molecule is COc1ccc(C(=O)NNC(=S)NC(=O)c2cc(Br)ccc2OC)cc1Br. The maximum absolute atomic E-state index is 12.3. The molecule has 2 aromatic rings. The summed E-state index contributed by atoms with van der Waals surface area (Å²) in [7, 11) is 2.99. The summed E-state index contributed by atoms with van der Waals surface area (Å²) in [5, 5.41) is 2.40. The molecule has 0 radical (unpaired) electrons. The maximum atomic E-state index is 12.3. The van der Waals surface area contributed by atoms with Gasteiger partial charge in [0.1, 0.15) is 11.5 Å². The molecule has 0 bridgehead atoms. The summed E-state index contributed by atoms with van der Waals surface area (Å²) in [5.41, 5.74) is 5.56. The number of thiocarbonyl (C=S) groups is 1. The number of hydrogen-bond donors (Lipinski definition) is 3. The lowest BCUT2D eigenvalue weighted by atomic mass is 10.2. The molecule has 0 aliphatic heterocycles. The number of nitrogens with one attached hydrogen (secondary N) is 3. The van der Waals surface area contributed by atoms with Crippen LogP contribution in [0.4, 0.5) is 0 Å². The molecule has 2 rings (SSSR count). The molecule has 10 heteroatoms. The van der Waals surface area contributed by atoms with E-state index >= 15 is 0 Å². The van der Waals surface area contributed by atoms with Crippen LogP contribution in [-0.2, 0) is 0 Å². The zero-order valence-corrected chi connectivity index (χ0v) is 18.2. The number of hydrogen-bond acceptors (Lipinski definition) is 5. The van der Waals surface area contributed by atoms with Crippen LogP contribution in [0.2, 0.25) is 0 Å². The van der Waals surface area contributed by atoms with Gasteiger partial charge in [0, 0.05) is 10.0 Å². The van der Waals surface area contributed by atoms with E-state index in [-0.39, 0.29) is 5.11 Å². The molecule has 3 N–H and O–H groups in total. The fourth-order valence-electron chi connectivity index (χ4n) is 2.05. The fraction of sp³-hybridized carbons (Fsp3) is 0.118. The Hall–Kier alpha value is -2.17. The van der Waals surface area contributed by atoms with E-state index in [0.29, 0.717) is 31.6 Å². The minimum atomic E-state index is -0.480. The first-order chi connectivity index (χ1) is 12.8. The molecule has 0 saturated heterocycles. The quantitative estimate of drug-likeness (QED) is 0.427. The smallest absolute Gasteiger partial charge is 0.269 e. The van der Waals surface area contributed by atoms with Crippen molar-refractivity contribution in [3.05, 3.63) is 56.5 Å². The van der Waals surface area contributed by atoms with Gasteiger partial charge < -0.3 is 9.47 Å². The van der Waals surface area contributed by atoms with Gasteiger partial charge in [0.2, 0.25) is 0 Å². The Morgan fingerprint density at radius 1 is 0.926 bits per heavy atom. The molecule has 142 valence electrons. The Morgan fingerprint density at radius 3 is 2.22 bits per heavy atom. The van der Waals surface area contributed by atoms with Crippen LogP contribution in [0, 0.1) is 0 Å². The molecule has 0 spiro atoms. The van der Waals surface area contributed by atoms with Gasteiger partial charge in [-0.25, -0.2) is 0 Å². The number of ether oxygens (including phenoxy) is 2. The average molecular weight is 517 g/mol. The highest BCUT2D eigenvalue weighted by molar-refractivity contribution is 9.10. The van der Waals surface area contributed by atoms with Gasteiger partial charge in [0.25, 0.3) is 11.8 Å². The molecule has 0 unspecified atom stereocenters. The topological polar surface area (TPSA) is 88.7 Å². The van der Waals surface area contributed by atoms with Gasteiger partial charge in [0.15, 0.2) is 5.11 Å². The average Bonchev–Trinajstić information content (AvgIpc) is 2.65. The maximum Gasteiger partial charge on any atom is 0.269 e. The van der Waals surface area contributed by atoms with Crippen LogP contribution < -0.4 is 25.6 Å². The van der Waals surface area contributed by atoms with Gasteiger partial charge in [-0.05, 0) is 64.5 Å². The largest absolute Gasteiger partial charge is 0.496 e. The Kier molecular flexibility index (Phi) is 7.57. The van der Waals surface area contributed by atoms with E-state index in [9.17, 15) is 9.59 Å². The summed E-state index contributed by atoms with van der Waals surface area (Å²) < 4.78 is 11.6. The van der Waals surface area contributed by atoms with Crippen molar-refractivity contribution < 1.29 is 19.1 Å². The predicted octanol–water partition coefficient (Wildman–Crippen LogP) is 3.18.